The second-order valence-electron chi connectivity index (χ2n) is 6.13. The van der Waals surface area contributed by atoms with Crippen LogP contribution in [0.15, 0.2) is 0 Å². The standard InChI is InChI=1S/C13H23NO4/c1-13(2,3)7-10(6-11(15)16)14-12(17)9-4-5-18-8-9/h9-10H,4-8H2,1-3H3,(H,14,17)(H,15,16). The van der Waals surface area contributed by atoms with Crippen molar-refractivity contribution in [3.8, 4) is 0 Å². The van der Waals surface area contributed by atoms with E-state index in [9.17, 15) is 9.59 Å². The van der Waals surface area contributed by atoms with E-state index in [1.54, 1.807) is 0 Å². The summed E-state index contributed by atoms with van der Waals surface area (Å²) < 4.78 is 5.16. The van der Waals surface area contributed by atoms with Crippen LogP contribution in [0.25, 0.3) is 0 Å². The van der Waals surface area contributed by atoms with Crippen LogP contribution in [-0.2, 0) is 14.3 Å². The van der Waals surface area contributed by atoms with Crippen LogP contribution in [0, 0.1) is 11.3 Å². The highest BCUT2D eigenvalue weighted by Crippen LogP contribution is 2.23. The average Bonchev–Trinajstić information content (AvgIpc) is 2.65. The summed E-state index contributed by atoms with van der Waals surface area (Å²) in [5.74, 6) is -1.09. The fourth-order valence-electron chi connectivity index (χ4n) is 2.18. The summed E-state index contributed by atoms with van der Waals surface area (Å²) in [6, 6.07) is -0.310. The summed E-state index contributed by atoms with van der Waals surface area (Å²) in [4.78, 5) is 22.8. The summed E-state index contributed by atoms with van der Waals surface area (Å²) in [5.41, 5.74) is -0.0143. The first-order chi connectivity index (χ1) is 8.28. The Morgan fingerprint density at radius 1 is 1.44 bits per heavy atom. The Balaban J connectivity index is 2.53. The molecule has 0 aliphatic carbocycles. The monoisotopic (exact) mass is 257 g/mol. The maximum absolute atomic E-state index is 11.9. The van der Waals surface area contributed by atoms with Crippen molar-refractivity contribution in [3.05, 3.63) is 0 Å². The smallest absolute Gasteiger partial charge is 0.305 e. The van der Waals surface area contributed by atoms with Crippen LogP contribution in [0.3, 0.4) is 0 Å². The summed E-state index contributed by atoms with van der Waals surface area (Å²) in [6.07, 6.45) is 1.34. The first kappa shape index (κ1) is 15.0. The molecule has 18 heavy (non-hydrogen) atoms. The number of rotatable bonds is 5. The lowest BCUT2D eigenvalue weighted by atomic mass is 9.86. The number of ether oxygens (including phenoxy) is 1. The Bertz CT molecular complexity index is 303. The number of hydrogen-bond donors (Lipinski definition) is 2. The molecule has 1 aliphatic rings. The van der Waals surface area contributed by atoms with E-state index in [0.717, 1.165) is 6.42 Å². The molecule has 5 heteroatoms. The molecule has 1 aliphatic heterocycles. The number of carboxylic acid groups (broad SMARTS) is 1. The molecule has 0 bridgehead atoms. The van der Waals surface area contributed by atoms with Gasteiger partial charge in [-0.05, 0) is 18.3 Å². The predicted molar refractivity (Wildman–Crippen MR) is 67.2 cm³/mol. The number of amides is 1. The lowest BCUT2D eigenvalue weighted by molar-refractivity contribution is -0.138. The van der Waals surface area contributed by atoms with Crippen LogP contribution >= 0.6 is 0 Å². The van der Waals surface area contributed by atoms with Gasteiger partial charge in [0.25, 0.3) is 0 Å². The molecule has 1 saturated heterocycles. The summed E-state index contributed by atoms with van der Waals surface area (Å²) in [6.45, 7) is 7.16. The number of aliphatic carboxylic acids is 1. The van der Waals surface area contributed by atoms with E-state index in [4.69, 9.17) is 9.84 Å². The Hall–Kier alpha value is -1.10. The van der Waals surface area contributed by atoms with Crippen molar-refractivity contribution >= 4 is 11.9 Å². The summed E-state index contributed by atoms with van der Waals surface area (Å²) in [7, 11) is 0. The largest absolute Gasteiger partial charge is 0.481 e. The Morgan fingerprint density at radius 3 is 2.56 bits per heavy atom. The maximum atomic E-state index is 11.9. The highest BCUT2D eigenvalue weighted by molar-refractivity contribution is 5.80. The van der Waals surface area contributed by atoms with Crippen molar-refractivity contribution in [3.63, 3.8) is 0 Å². The van der Waals surface area contributed by atoms with Gasteiger partial charge in [-0.2, -0.15) is 0 Å². The van der Waals surface area contributed by atoms with Crippen LogP contribution in [0.5, 0.6) is 0 Å². The van der Waals surface area contributed by atoms with Gasteiger partial charge in [0.05, 0.1) is 18.9 Å². The Morgan fingerprint density at radius 2 is 2.11 bits per heavy atom. The molecule has 5 nitrogen and oxygen atoms in total. The van der Waals surface area contributed by atoms with Crippen molar-refractivity contribution in [2.45, 2.75) is 46.1 Å². The number of carbonyl (C=O) groups excluding carboxylic acids is 1. The molecular formula is C13H23NO4. The van der Waals surface area contributed by atoms with E-state index >= 15 is 0 Å². The van der Waals surface area contributed by atoms with Gasteiger partial charge in [-0.25, -0.2) is 0 Å². The second kappa shape index (κ2) is 6.18. The highest BCUT2D eigenvalue weighted by atomic mass is 16.5. The van der Waals surface area contributed by atoms with Crippen LogP contribution in [-0.4, -0.2) is 36.2 Å². The van der Waals surface area contributed by atoms with Gasteiger partial charge in [0.1, 0.15) is 0 Å². The zero-order valence-corrected chi connectivity index (χ0v) is 11.4. The molecule has 0 aromatic rings. The first-order valence-corrected chi connectivity index (χ1v) is 6.38. The minimum Gasteiger partial charge on any atom is -0.481 e. The van der Waals surface area contributed by atoms with Gasteiger partial charge >= 0.3 is 5.97 Å². The van der Waals surface area contributed by atoms with Crippen LogP contribution in [0.4, 0.5) is 0 Å². The van der Waals surface area contributed by atoms with Crippen molar-refractivity contribution in [1.29, 1.82) is 0 Å². The first-order valence-electron chi connectivity index (χ1n) is 6.38. The molecule has 0 saturated carbocycles. The number of hydrogen-bond acceptors (Lipinski definition) is 3. The highest BCUT2D eigenvalue weighted by Gasteiger charge is 2.28. The van der Waals surface area contributed by atoms with Gasteiger partial charge in [-0.1, -0.05) is 20.8 Å². The maximum Gasteiger partial charge on any atom is 0.305 e. The fraction of sp³-hybridized carbons (Fsp3) is 0.846. The molecule has 1 amide bonds. The zero-order valence-electron chi connectivity index (χ0n) is 11.4. The fourth-order valence-corrected chi connectivity index (χ4v) is 2.18. The molecule has 1 rings (SSSR count). The van der Waals surface area contributed by atoms with Gasteiger partial charge in [0.15, 0.2) is 0 Å². The molecular weight excluding hydrogens is 234 g/mol. The van der Waals surface area contributed by atoms with E-state index in [2.05, 4.69) is 5.32 Å². The third-order valence-corrected chi connectivity index (χ3v) is 2.93. The van der Waals surface area contributed by atoms with E-state index in [1.807, 2.05) is 20.8 Å². The van der Waals surface area contributed by atoms with Crippen molar-refractivity contribution in [2.24, 2.45) is 11.3 Å². The van der Waals surface area contributed by atoms with Crippen molar-refractivity contribution in [2.75, 3.05) is 13.2 Å². The Kier molecular flexibility index (Phi) is 5.14. The van der Waals surface area contributed by atoms with Crippen molar-refractivity contribution < 1.29 is 19.4 Å². The van der Waals surface area contributed by atoms with E-state index in [0.29, 0.717) is 19.6 Å². The van der Waals surface area contributed by atoms with Gasteiger partial charge < -0.3 is 15.2 Å². The molecule has 0 aromatic carbocycles. The molecule has 2 unspecified atom stereocenters. The summed E-state index contributed by atoms with van der Waals surface area (Å²) >= 11 is 0. The molecule has 1 heterocycles. The molecule has 0 aromatic heterocycles. The van der Waals surface area contributed by atoms with Gasteiger partial charge in [-0.15, -0.1) is 0 Å². The number of nitrogens with one attached hydrogen (secondary N) is 1. The number of carboxylic acids is 1. The summed E-state index contributed by atoms with van der Waals surface area (Å²) in [5, 5.41) is 11.7. The third-order valence-electron chi connectivity index (χ3n) is 2.93. The lowest BCUT2D eigenvalue weighted by Gasteiger charge is -2.26. The molecule has 0 spiro atoms. The van der Waals surface area contributed by atoms with Gasteiger partial charge in [0, 0.05) is 12.6 Å². The van der Waals surface area contributed by atoms with Crippen LogP contribution in [0.1, 0.15) is 40.0 Å². The zero-order chi connectivity index (χ0) is 13.8. The van der Waals surface area contributed by atoms with Crippen molar-refractivity contribution in [1.82, 2.24) is 5.32 Å². The van der Waals surface area contributed by atoms with Crippen LogP contribution in [0.2, 0.25) is 0 Å². The molecule has 2 N–H and O–H groups in total. The van der Waals surface area contributed by atoms with E-state index in [-0.39, 0.29) is 29.7 Å². The molecule has 1 fully saturated rings. The predicted octanol–water partition coefficient (Wildman–Crippen LogP) is 1.42. The molecule has 2 atom stereocenters. The number of carbonyl (C=O) groups is 2. The molecule has 104 valence electrons. The third kappa shape index (κ3) is 5.49. The van der Waals surface area contributed by atoms with Gasteiger partial charge in [-0.3, -0.25) is 9.59 Å². The minimum absolute atomic E-state index is 0.0143. The van der Waals surface area contributed by atoms with E-state index in [1.165, 1.54) is 0 Å². The lowest BCUT2D eigenvalue weighted by Crippen LogP contribution is -2.42. The normalized spacial score (nSPS) is 21.6. The topological polar surface area (TPSA) is 75.6 Å². The quantitative estimate of drug-likeness (QED) is 0.781. The minimum atomic E-state index is -0.882. The molecule has 0 radical (unpaired) electrons. The SMILES string of the molecule is CC(C)(C)CC(CC(=O)O)NC(=O)C1CCOC1. The van der Waals surface area contributed by atoms with Crippen LogP contribution < -0.4 is 5.32 Å². The van der Waals surface area contributed by atoms with E-state index < -0.39 is 5.97 Å². The Labute approximate surface area is 108 Å². The van der Waals surface area contributed by atoms with Gasteiger partial charge in [0.2, 0.25) is 5.91 Å². The second-order valence-corrected chi connectivity index (χ2v) is 6.13. The average molecular weight is 257 g/mol.